The van der Waals surface area contributed by atoms with E-state index in [1.807, 2.05) is 5.38 Å². The highest BCUT2D eigenvalue weighted by Crippen LogP contribution is 2.33. The molecule has 94 valence electrons. The summed E-state index contributed by atoms with van der Waals surface area (Å²) >= 11 is 1.47. The Balaban J connectivity index is 1.84. The van der Waals surface area contributed by atoms with E-state index < -0.39 is 0 Å². The number of aromatic nitrogens is 1. The first kappa shape index (κ1) is 12.5. The van der Waals surface area contributed by atoms with Crippen molar-refractivity contribution in [2.45, 2.75) is 45.1 Å². The van der Waals surface area contributed by atoms with Crippen LogP contribution >= 0.6 is 11.3 Å². The van der Waals surface area contributed by atoms with Gasteiger partial charge in [0.2, 0.25) is 5.91 Å². The van der Waals surface area contributed by atoms with Crippen LogP contribution in [0.3, 0.4) is 0 Å². The third-order valence-electron chi connectivity index (χ3n) is 3.01. The summed E-state index contributed by atoms with van der Waals surface area (Å²) in [6, 6.07) is 0.0135. The average molecular weight is 253 g/mol. The lowest BCUT2D eigenvalue weighted by molar-refractivity contribution is -0.116. The molecular weight excluding hydrogens is 234 g/mol. The number of carbonyl (C=O) groups excluding carboxylic acids is 1. The largest absolute Gasteiger partial charge is 0.327 e. The summed E-state index contributed by atoms with van der Waals surface area (Å²) in [5, 5.41) is 5.49. The average Bonchev–Trinajstić information content (AvgIpc) is 2.99. The molecule has 1 aliphatic rings. The summed E-state index contributed by atoms with van der Waals surface area (Å²) in [6.45, 7) is 4.17. The van der Waals surface area contributed by atoms with Crippen molar-refractivity contribution in [1.82, 2.24) is 4.98 Å². The van der Waals surface area contributed by atoms with Crippen molar-refractivity contribution < 1.29 is 4.79 Å². The Morgan fingerprint density at radius 1 is 1.65 bits per heavy atom. The van der Waals surface area contributed by atoms with Crippen molar-refractivity contribution in [2.24, 2.45) is 11.7 Å². The van der Waals surface area contributed by atoms with Crippen LogP contribution in [-0.4, -0.2) is 16.9 Å². The summed E-state index contributed by atoms with van der Waals surface area (Å²) in [6.07, 6.45) is 2.74. The smallest absolute Gasteiger partial charge is 0.227 e. The first-order chi connectivity index (χ1) is 8.06. The zero-order chi connectivity index (χ0) is 12.4. The van der Waals surface area contributed by atoms with Gasteiger partial charge < -0.3 is 11.1 Å². The van der Waals surface area contributed by atoms with Crippen LogP contribution in [-0.2, 0) is 4.79 Å². The number of hydrogen-bond acceptors (Lipinski definition) is 4. The van der Waals surface area contributed by atoms with Crippen LogP contribution in [0.2, 0.25) is 0 Å². The molecule has 0 saturated heterocycles. The summed E-state index contributed by atoms with van der Waals surface area (Å²) < 4.78 is 0. The van der Waals surface area contributed by atoms with Gasteiger partial charge in [0, 0.05) is 17.8 Å². The van der Waals surface area contributed by atoms with E-state index in [4.69, 9.17) is 5.73 Å². The number of thiazole rings is 1. The van der Waals surface area contributed by atoms with Gasteiger partial charge >= 0.3 is 0 Å². The van der Waals surface area contributed by atoms with Crippen molar-refractivity contribution in [1.29, 1.82) is 0 Å². The highest BCUT2D eigenvalue weighted by atomic mass is 32.1. The van der Waals surface area contributed by atoms with E-state index in [1.54, 1.807) is 0 Å². The summed E-state index contributed by atoms with van der Waals surface area (Å²) in [5.41, 5.74) is 6.93. The molecule has 0 spiro atoms. The number of nitrogens with zero attached hydrogens (tertiary/aromatic N) is 1. The molecule has 1 aromatic rings. The van der Waals surface area contributed by atoms with Crippen molar-refractivity contribution in [3.63, 3.8) is 0 Å². The van der Waals surface area contributed by atoms with E-state index in [9.17, 15) is 4.79 Å². The van der Waals surface area contributed by atoms with Crippen LogP contribution < -0.4 is 11.1 Å². The molecule has 1 aromatic heterocycles. The Kier molecular flexibility index (Phi) is 3.79. The lowest BCUT2D eigenvalue weighted by Crippen LogP contribution is -2.28. The van der Waals surface area contributed by atoms with Gasteiger partial charge in [0.15, 0.2) is 5.13 Å². The summed E-state index contributed by atoms with van der Waals surface area (Å²) in [5.74, 6) is 0.933. The van der Waals surface area contributed by atoms with Gasteiger partial charge in [0.05, 0.1) is 5.69 Å². The molecule has 1 fully saturated rings. The molecule has 0 aliphatic heterocycles. The van der Waals surface area contributed by atoms with Crippen LogP contribution in [0.25, 0.3) is 0 Å². The van der Waals surface area contributed by atoms with Crippen molar-refractivity contribution in [3.8, 4) is 0 Å². The van der Waals surface area contributed by atoms with E-state index in [0.717, 1.165) is 5.69 Å². The molecule has 1 amide bonds. The molecule has 17 heavy (non-hydrogen) atoms. The minimum absolute atomic E-state index is 0.0135. The van der Waals surface area contributed by atoms with Crippen molar-refractivity contribution in [2.75, 3.05) is 5.32 Å². The zero-order valence-electron chi connectivity index (χ0n) is 10.3. The molecule has 1 saturated carbocycles. The number of carbonyl (C=O) groups is 1. The summed E-state index contributed by atoms with van der Waals surface area (Å²) in [4.78, 5) is 16.1. The maximum absolute atomic E-state index is 11.7. The van der Waals surface area contributed by atoms with E-state index in [1.165, 1.54) is 24.2 Å². The third kappa shape index (κ3) is 3.51. The summed E-state index contributed by atoms with van der Waals surface area (Å²) in [7, 11) is 0. The fourth-order valence-corrected chi connectivity index (χ4v) is 2.57. The van der Waals surface area contributed by atoms with Gasteiger partial charge in [-0.15, -0.1) is 11.3 Å². The number of amides is 1. The minimum atomic E-state index is -0.0194. The molecule has 1 aliphatic carbocycles. The molecule has 1 atom stereocenters. The standard InChI is InChI=1S/C12H19N3OS/c1-7(2)10-6-17-12(14-10)15-11(16)5-9(13)8-3-4-8/h6-9H,3-5,13H2,1-2H3,(H,14,15,16). The van der Waals surface area contributed by atoms with Gasteiger partial charge in [-0.1, -0.05) is 13.8 Å². The van der Waals surface area contributed by atoms with Gasteiger partial charge in [-0.3, -0.25) is 4.79 Å². The second-order valence-corrected chi connectivity index (χ2v) is 5.84. The van der Waals surface area contributed by atoms with Crippen molar-refractivity contribution in [3.05, 3.63) is 11.1 Å². The second-order valence-electron chi connectivity index (χ2n) is 4.99. The molecule has 0 radical (unpaired) electrons. The molecule has 4 nitrogen and oxygen atoms in total. The molecular formula is C12H19N3OS. The van der Waals surface area contributed by atoms with Gasteiger partial charge in [0.1, 0.15) is 0 Å². The Morgan fingerprint density at radius 3 is 2.88 bits per heavy atom. The predicted octanol–water partition coefficient (Wildman–Crippen LogP) is 2.33. The van der Waals surface area contributed by atoms with E-state index in [-0.39, 0.29) is 11.9 Å². The molecule has 1 heterocycles. The molecule has 5 heteroatoms. The molecule has 1 unspecified atom stereocenters. The number of rotatable bonds is 5. The minimum Gasteiger partial charge on any atom is -0.327 e. The van der Waals surface area contributed by atoms with Crippen LogP contribution in [0.1, 0.15) is 44.7 Å². The lowest BCUT2D eigenvalue weighted by atomic mass is 10.1. The van der Waals surface area contributed by atoms with Gasteiger partial charge in [-0.05, 0) is 24.7 Å². The van der Waals surface area contributed by atoms with Gasteiger partial charge in [-0.25, -0.2) is 4.98 Å². The van der Waals surface area contributed by atoms with Gasteiger partial charge in [0.25, 0.3) is 0 Å². The number of hydrogen-bond donors (Lipinski definition) is 2. The van der Waals surface area contributed by atoms with Crippen LogP contribution in [0.15, 0.2) is 5.38 Å². The maximum Gasteiger partial charge on any atom is 0.227 e. The Labute approximate surface area is 106 Å². The quantitative estimate of drug-likeness (QED) is 0.846. The first-order valence-corrected chi connectivity index (χ1v) is 6.95. The highest BCUT2D eigenvalue weighted by molar-refractivity contribution is 7.13. The van der Waals surface area contributed by atoms with Crippen LogP contribution in [0.4, 0.5) is 5.13 Å². The fraction of sp³-hybridized carbons (Fsp3) is 0.667. The van der Waals surface area contributed by atoms with E-state index in [2.05, 4.69) is 24.1 Å². The third-order valence-corrected chi connectivity index (χ3v) is 3.78. The lowest BCUT2D eigenvalue weighted by Gasteiger charge is -2.08. The van der Waals surface area contributed by atoms with E-state index >= 15 is 0 Å². The second kappa shape index (κ2) is 5.14. The molecule has 3 N–H and O–H groups in total. The number of anilines is 1. The topological polar surface area (TPSA) is 68.0 Å². The monoisotopic (exact) mass is 253 g/mol. The van der Waals surface area contributed by atoms with Gasteiger partial charge in [-0.2, -0.15) is 0 Å². The normalized spacial score (nSPS) is 17.2. The zero-order valence-corrected chi connectivity index (χ0v) is 11.1. The van der Waals surface area contributed by atoms with E-state index in [0.29, 0.717) is 23.4 Å². The SMILES string of the molecule is CC(C)c1csc(NC(=O)CC(N)C2CC2)n1. The fourth-order valence-electron chi connectivity index (χ4n) is 1.68. The first-order valence-electron chi connectivity index (χ1n) is 6.07. The van der Waals surface area contributed by atoms with Crippen molar-refractivity contribution >= 4 is 22.4 Å². The Bertz CT molecular complexity index is 398. The number of nitrogens with one attached hydrogen (secondary N) is 1. The maximum atomic E-state index is 11.7. The Hall–Kier alpha value is -0.940. The van der Waals surface area contributed by atoms with Crippen LogP contribution in [0.5, 0.6) is 0 Å². The predicted molar refractivity (Wildman–Crippen MR) is 70.1 cm³/mol. The molecule has 2 rings (SSSR count). The van der Waals surface area contributed by atoms with Crippen LogP contribution in [0, 0.1) is 5.92 Å². The Morgan fingerprint density at radius 2 is 2.35 bits per heavy atom. The number of nitrogens with two attached hydrogens (primary N) is 1. The molecule has 0 aromatic carbocycles. The molecule has 0 bridgehead atoms. The highest BCUT2D eigenvalue weighted by Gasteiger charge is 2.29.